The van der Waals surface area contributed by atoms with Gasteiger partial charge in [0.1, 0.15) is 17.8 Å². The Hall–Kier alpha value is -3.06. The van der Waals surface area contributed by atoms with Gasteiger partial charge in [0.25, 0.3) is 5.91 Å². The van der Waals surface area contributed by atoms with E-state index in [-0.39, 0.29) is 11.3 Å². The van der Waals surface area contributed by atoms with Crippen molar-refractivity contribution in [3.8, 4) is 0 Å². The highest BCUT2D eigenvalue weighted by atomic mass is 16.5. The molecule has 1 saturated heterocycles. The highest BCUT2D eigenvalue weighted by Crippen LogP contribution is 2.38. The van der Waals surface area contributed by atoms with Crippen LogP contribution in [-0.4, -0.2) is 34.2 Å². The fourth-order valence-electron chi connectivity index (χ4n) is 3.87. The third-order valence-electron chi connectivity index (χ3n) is 5.89. The van der Waals surface area contributed by atoms with Crippen LogP contribution in [0, 0.1) is 13.8 Å². The van der Waals surface area contributed by atoms with Crippen molar-refractivity contribution in [1.29, 1.82) is 0 Å². The summed E-state index contributed by atoms with van der Waals surface area (Å²) in [4.78, 5) is 21.8. The van der Waals surface area contributed by atoms with Crippen LogP contribution in [0.3, 0.4) is 0 Å². The van der Waals surface area contributed by atoms with Crippen LogP contribution >= 0.6 is 0 Å². The van der Waals surface area contributed by atoms with E-state index in [4.69, 9.17) is 9.26 Å². The van der Waals surface area contributed by atoms with Gasteiger partial charge in [-0.1, -0.05) is 17.3 Å². The highest BCUT2D eigenvalue weighted by Gasteiger charge is 2.41. The molecule has 7 nitrogen and oxygen atoms in total. The van der Waals surface area contributed by atoms with Gasteiger partial charge in [-0.25, -0.2) is 9.97 Å². The fourth-order valence-corrected chi connectivity index (χ4v) is 3.87. The van der Waals surface area contributed by atoms with Gasteiger partial charge < -0.3 is 14.6 Å². The van der Waals surface area contributed by atoms with Gasteiger partial charge in [0.2, 0.25) is 0 Å². The Balaban J connectivity index is 1.37. The molecule has 154 valence electrons. The van der Waals surface area contributed by atoms with Crippen molar-refractivity contribution in [2.24, 2.45) is 0 Å². The van der Waals surface area contributed by atoms with Crippen molar-refractivity contribution in [3.63, 3.8) is 0 Å². The SMILES string of the molecule is Cc1cc(C(=O)Nc2cccc(C3(Cc4nocc4C)COC3)c2)nc(C2CC2)n1. The molecular formula is C23H24N4O3. The number of benzene rings is 1. The molecule has 3 aromatic rings. The lowest BCUT2D eigenvalue weighted by Gasteiger charge is -2.42. The van der Waals surface area contributed by atoms with Crippen LogP contribution in [-0.2, 0) is 16.6 Å². The van der Waals surface area contributed by atoms with Crippen LogP contribution in [0.5, 0.6) is 0 Å². The molecule has 3 heterocycles. The van der Waals surface area contributed by atoms with E-state index in [2.05, 4.69) is 26.5 Å². The largest absolute Gasteiger partial charge is 0.379 e. The first kappa shape index (κ1) is 18.9. The van der Waals surface area contributed by atoms with E-state index in [1.165, 1.54) is 0 Å². The number of aryl methyl sites for hydroxylation is 2. The predicted molar refractivity (Wildman–Crippen MR) is 111 cm³/mol. The van der Waals surface area contributed by atoms with Gasteiger partial charge in [0, 0.05) is 34.7 Å². The minimum Gasteiger partial charge on any atom is -0.379 e. The van der Waals surface area contributed by atoms with Crippen molar-refractivity contribution in [1.82, 2.24) is 15.1 Å². The van der Waals surface area contributed by atoms with E-state index in [0.29, 0.717) is 24.8 Å². The first-order valence-corrected chi connectivity index (χ1v) is 10.3. The molecule has 1 aromatic carbocycles. The summed E-state index contributed by atoms with van der Waals surface area (Å²) >= 11 is 0. The molecule has 1 aliphatic heterocycles. The summed E-state index contributed by atoms with van der Waals surface area (Å²) in [5, 5.41) is 7.14. The van der Waals surface area contributed by atoms with Gasteiger partial charge >= 0.3 is 0 Å². The van der Waals surface area contributed by atoms with Crippen LogP contribution in [0.4, 0.5) is 5.69 Å². The molecule has 0 radical (unpaired) electrons. The Morgan fingerprint density at radius 3 is 2.70 bits per heavy atom. The monoisotopic (exact) mass is 404 g/mol. The molecule has 0 unspecified atom stereocenters. The molecule has 0 atom stereocenters. The Bertz CT molecular complexity index is 1100. The van der Waals surface area contributed by atoms with Crippen molar-refractivity contribution < 1.29 is 14.1 Å². The lowest BCUT2D eigenvalue weighted by Crippen LogP contribution is -2.48. The molecule has 30 heavy (non-hydrogen) atoms. The Labute approximate surface area is 174 Å². The van der Waals surface area contributed by atoms with Gasteiger partial charge in [-0.3, -0.25) is 4.79 Å². The molecular weight excluding hydrogens is 380 g/mol. The quantitative estimate of drug-likeness (QED) is 0.673. The molecule has 2 aliphatic rings. The smallest absolute Gasteiger partial charge is 0.274 e. The standard InChI is InChI=1S/C23H24N4O3/c1-14-11-30-27-20(14)10-23(12-29-13-23)17-4-3-5-18(9-17)25-22(28)19-8-15(2)24-21(26-19)16-6-7-16/h3-5,8-9,11,16H,6-7,10,12-13H2,1-2H3,(H,25,28). The average Bonchev–Trinajstić information content (AvgIpc) is 3.47. The van der Waals surface area contributed by atoms with Gasteiger partial charge in [0.15, 0.2) is 0 Å². The number of aromatic nitrogens is 3. The molecule has 2 aromatic heterocycles. The number of hydrogen-bond acceptors (Lipinski definition) is 6. The fraction of sp³-hybridized carbons (Fsp3) is 0.391. The third kappa shape index (κ3) is 3.61. The molecule has 0 bridgehead atoms. The average molecular weight is 404 g/mol. The number of nitrogens with one attached hydrogen (secondary N) is 1. The van der Waals surface area contributed by atoms with Crippen molar-refractivity contribution in [3.05, 3.63) is 70.6 Å². The summed E-state index contributed by atoms with van der Waals surface area (Å²) < 4.78 is 10.7. The van der Waals surface area contributed by atoms with E-state index < -0.39 is 0 Å². The maximum absolute atomic E-state index is 12.9. The molecule has 1 N–H and O–H groups in total. The van der Waals surface area contributed by atoms with E-state index in [1.807, 2.05) is 32.0 Å². The lowest BCUT2D eigenvalue weighted by atomic mass is 9.74. The van der Waals surface area contributed by atoms with Gasteiger partial charge in [0.05, 0.1) is 18.9 Å². The molecule has 1 amide bonds. The molecule has 7 heteroatoms. The Morgan fingerprint density at radius 2 is 2.03 bits per heavy atom. The molecule has 0 spiro atoms. The first-order chi connectivity index (χ1) is 14.5. The number of ether oxygens (including phenoxy) is 1. The molecule has 5 rings (SSSR count). The summed E-state index contributed by atoms with van der Waals surface area (Å²) in [5.41, 5.74) is 4.91. The molecule has 1 saturated carbocycles. The maximum atomic E-state index is 12.9. The second-order valence-corrected chi connectivity index (χ2v) is 8.46. The number of hydrogen-bond donors (Lipinski definition) is 1. The summed E-state index contributed by atoms with van der Waals surface area (Å²) in [5.74, 6) is 0.964. The van der Waals surface area contributed by atoms with Crippen LogP contribution in [0.15, 0.2) is 41.1 Å². The number of carbonyl (C=O) groups excluding carboxylic acids is 1. The zero-order chi connectivity index (χ0) is 20.7. The van der Waals surface area contributed by atoms with Crippen molar-refractivity contribution >= 4 is 11.6 Å². The first-order valence-electron chi connectivity index (χ1n) is 10.3. The number of anilines is 1. The summed E-state index contributed by atoms with van der Waals surface area (Å²) in [6, 6.07) is 9.69. The van der Waals surface area contributed by atoms with Crippen molar-refractivity contribution in [2.75, 3.05) is 18.5 Å². The normalized spacial score (nSPS) is 17.4. The minimum atomic E-state index is -0.217. The van der Waals surface area contributed by atoms with Gasteiger partial charge in [-0.2, -0.15) is 0 Å². The number of nitrogens with zero attached hydrogens (tertiary/aromatic N) is 3. The lowest BCUT2D eigenvalue weighted by molar-refractivity contribution is -0.0606. The Morgan fingerprint density at radius 1 is 1.20 bits per heavy atom. The predicted octanol–water partition coefficient (Wildman–Crippen LogP) is 3.72. The number of rotatable bonds is 6. The van der Waals surface area contributed by atoms with Crippen molar-refractivity contribution in [2.45, 2.75) is 44.4 Å². The number of amides is 1. The zero-order valence-corrected chi connectivity index (χ0v) is 17.1. The second-order valence-electron chi connectivity index (χ2n) is 8.46. The second kappa shape index (κ2) is 7.32. The van der Waals surface area contributed by atoms with E-state index in [9.17, 15) is 4.79 Å². The van der Waals surface area contributed by atoms with Crippen LogP contribution in [0.25, 0.3) is 0 Å². The maximum Gasteiger partial charge on any atom is 0.274 e. The molecule has 2 fully saturated rings. The van der Waals surface area contributed by atoms with Crippen LogP contribution in [0.1, 0.15) is 57.6 Å². The minimum absolute atomic E-state index is 0.160. The highest BCUT2D eigenvalue weighted by molar-refractivity contribution is 6.03. The summed E-state index contributed by atoms with van der Waals surface area (Å²) in [6.45, 7) is 5.13. The number of carbonyl (C=O) groups is 1. The topological polar surface area (TPSA) is 90.1 Å². The molecule has 1 aliphatic carbocycles. The van der Waals surface area contributed by atoms with Crippen LogP contribution in [0.2, 0.25) is 0 Å². The zero-order valence-electron chi connectivity index (χ0n) is 17.1. The van der Waals surface area contributed by atoms with Gasteiger partial charge in [-0.05, 0) is 50.5 Å². The van der Waals surface area contributed by atoms with E-state index in [0.717, 1.165) is 53.3 Å². The third-order valence-corrected chi connectivity index (χ3v) is 5.89. The summed E-state index contributed by atoms with van der Waals surface area (Å²) in [6.07, 6.45) is 4.60. The summed E-state index contributed by atoms with van der Waals surface area (Å²) in [7, 11) is 0. The van der Waals surface area contributed by atoms with E-state index >= 15 is 0 Å². The van der Waals surface area contributed by atoms with E-state index in [1.54, 1.807) is 12.3 Å². The Kier molecular flexibility index (Phi) is 4.62. The van der Waals surface area contributed by atoms with Gasteiger partial charge in [-0.15, -0.1) is 0 Å². The van der Waals surface area contributed by atoms with Crippen LogP contribution < -0.4 is 5.32 Å².